The van der Waals surface area contributed by atoms with Gasteiger partial charge < -0.3 is 10.2 Å². The number of carbonyl (C=O) groups is 1. The average Bonchev–Trinajstić information content (AvgIpc) is 2.64. The summed E-state index contributed by atoms with van der Waals surface area (Å²) in [4.78, 5) is 14.0. The Kier molecular flexibility index (Phi) is 5.61. The van der Waals surface area contributed by atoms with Gasteiger partial charge in [-0.25, -0.2) is 0 Å². The highest BCUT2D eigenvalue weighted by Crippen LogP contribution is 2.15. The van der Waals surface area contributed by atoms with Crippen LogP contribution in [-0.2, 0) is 6.54 Å². The van der Waals surface area contributed by atoms with Gasteiger partial charge in [0, 0.05) is 6.54 Å². The zero-order chi connectivity index (χ0) is 12.8. The van der Waals surface area contributed by atoms with Gasteiger partial charge in [-0.3, -0.25) is 9.48 Å². The molecule has 1 aromatic rings. The standard InChI is InChI=1S/C11H19ClN4O/c1-4-13-8-10(17)11-9(12)7-14-16(11)6-5-15(2)3/h7,13H,4-6,8H2,1-3H3. The number of hydrogen-bond donors (Lipinski definition) is 1. The van der Waals surface area contributed by atoms with Crippen LogP contribution in [0.4, 0.5) is 0 Å². The van der Waals surface area contributed by atoms with Crippen LogP contribution in [0.25, 0.3) is 0 Å². The first-order chi connectivity index (χ1) is 8.06. The van der Waals surface area contributed by atoms with Crippen molar-refractivity contribution in [2.24, 2.45) is 0 Å². The molecule has 0 saturated heterocycles. The first kappa shape index (κ1) is 14.2. The Morgan fingerprint density at radius 3 is 2.88 bits per heavy atom. The Morgan fingerprint density at radius 1 is 1.59 bits per heavy atom. The lowest BCUT2D eigenvalue weighted by Crippen LogP contribution is -2.27. The number of carbonyl (C=O) groups excluding carboxylic acids is 1. The lowest BCUT2D eigenvalue weighted by atomic mass is 10.2. The van der Waals surface area contributed by atoms with E-state index in [4.69, 9.17) is 11.6 Å². The van der Waals surface area contributed by atoms with Crippen LogP contribution in [-0.4, -0.2) is 54.2 Å². The van der Waals surface area contributed by atoms with Gasteiger partial charge in [-0.15, -0.1) is 0 Å². The van der Waals surface area contributed by atoms with Gasteiger partial charge in [0.15, 0.2) is 5.78 Å². The highest BCUT2D eigenvalue weighted by atomic mass is 35.5. The van der Waals surface area contributed by atoms with Gasteiger partial charge in [-0.2, -0.15) is 5.10 Å². The lowest BCUT2D eigenvalue weighted by Gasteiger charge is -2.11. The minimum absolute atomic E-state index is 0.0203. The summed E-state index contributed by atoms with van der Waals surface area (Å²) in [7, 11) is 3.95. The van der Waals surface area contributed by atoms with E-state index in [1.807, 2.05) is 25.9 Å². The third kappa shape index (κ3) is 4.11. The third-order valence-electron chi connectivity index (χ3n) is 2.35. The molecule has 0 saturated carbocycles. The molecule has 0 aromatic carbocycles. The minimum Gasteiger partial charge on any atom is -0.310 e. The summed E-state index contributed by atoms with van der Waals surface area (Å²) in [5.74, 6) is -0.0203. The van der Waals surface area contributed by atoms with Crippen LogP contribution < -0.4 is 5.32 Å². The maximum atomic E-state index is 11.9. The van der Waals surface area contributed by atoms with Gasteiger partial charge in [0.05, 0.1) is 24.3 Å². The molecule has 5 nitrogen and oxygen atoms in total. The van der Waals surface area contributed by atoms with Gasteiger partial charge in [-0.1, -0.05) is 18.5 Å². The fourth-order valence-electron chi connectivity index (χ4n) is 1.43. The maximum Gasteiger partial charge on any atom is 0.196 e. The van der Waals surface area contributed by atoms with Crippen LogP contribution in [0.1, 0.15) is 17.4 Å². The van der Waals surface area contributed by atoms with E-state index in [0.29, 0.717) is 23.8 Å². The first-order valence-corrected chi connectivity index (χ1v) is 6.04. The second-order valence-corrected chi connectivity index (χ2v) is 4.48. The summed E-state index contributed by atoms with van der Waals surface area (Å²) in [6, 6.07) is 0. The van der Waals surface area contributed by atoms with Crippen molar-refractivity contribution in [2.45, 2.75) is 13.5 Å². The number of Topliss-reactive ketones (excluding diaryl/α,β-unsaturated/α-hetero) is 1. The summed E-state index contributed by atoms with van der Waals surface area (Å²) in [5, 5.41) is 7.55. The quantitative estimate of drug-likeness (QED) is 0.738. The third-order valence-corrected chi connectivity index (χ3v) is 2.63. The molecule has 0 aliphatic heterocycles. The predicted molar refractivity (Wildman–Crippen MR) is 68.7 cm³/mol. The largest absolute Gasteiger partial charge is 0.310 e. The molecule has 0 aliphatic carbocycles. The summed E-state index contributed by atoms with van der Waals surface area (Å²) < 4.78 is 1.67. The molecule has 0 radical (unpaired) electrons. The molecule has 17 heavy (non-hydrogen) atoms. The van der Waals surface area contributed by atoms with Crippen molar-refractivity contribution in [3.63, 3.8) is 0 Å². The first-order valence-electron chi connectivity index (χ1n) is 5.66. The molecule has 0 atom stereocenters. The maximum absolute atomic E-state index is 11.9. The van der Waals surface area contributed by atoms with Crippen molar-refractivity contribution < 1.29 is 4.79 Å². The van der Waals surface area contributed by atoms with Gasteiger partial charge in [-0.05, 0) is 20.6 Å². The van der Waals surface area contributed by atoms with Crippen molar-refractivity contribution in [3.8, 4) is 0 Å². The molecule has 0 spiro atoms. The van der Waals surface area contributed by atoms with Crippen LogP contribution in [0.3, 0.4) is 0 Å². The van der Waals surface area contributed by atoms with Gasteiger partial charge >= 0.3 is 0 Å². The van der Waals surface area contributed by atoms with Crippen molar-refractivity contribution >= 4 is 17.4 Å². The second kappa shape index (κ2) is 6.74. The molecule has 96 valence electrons. The number of ketones is 1. The number of nitrogens with one attached hydrogen (secondary N) is 1. The number of rotatable bonds is 7. The van der Waals surface area contributed by atoms with Crippen molar-refractivity contribution in [3.05, 3.63) is 16.9 Å². The molecule has 0 amide bonds. The molecule has 0 unspecified atom stereocenters. The van der Waals surface area contributed by atoms with E-state index in [1.54, 1.807) is 4.68 Å². The summed E-state index contributed by atoms with van der Waals surface area (Å²) in [6.45, 7) is 4.49. The Labute approximate surface area is 107 Å². The summed E-state index contributed by atoms with van der Waals surface area (Å²) in [6.07, 6.45) is 1.52. The Morgan fingerprint density at radius 2 is 2.29 bits per heavy atom. The van der Waals surface area contributed by atoms with Crippen LogP contribution in [0.2, 0.25) is 5.02 Å². The number of aromatic nitrogens is 2. The molecule has 1 heterocycles. The second-order valence-electron chi connectivity index (χ2n) is 4.07. The SMILES string of the molecule is CCNCC(=O)c1c(Cl)cnn1CCN(C)C. The van der Waals surface area contributed by atoms with Crippen LogP contribution >= 0.6 is 11.6 Å². The number of hydrogen-bond acceptors (Lipinski definition) is 4. The molecular formula is C11H19ClN4O. The van der Waals surface area contributed by atoms with Crippen molar-refractivity contribution in [2.75, 3.05) is 33.7 Å². The van der Waals surface area contributed by atoms with Gasteiger partial charge in [0.1, 0.15) is 5.69 Å². The molecule has 1 rings (SSSR count). The normalized spacial score (nSPS) is 11.1. The highest BCUT2D eigenvalue weighted by Gasteiger charge is 2.16. The van der Waals surface area contributed by atoms with Gasteiger partial charge in [0.25, 0.3) is 0 Å². The Balaban J connectivity index is 2.75. The summed E-state index contributed by atoms with van der Waals surface area (Å²) in [5.41, 5.74) is 0.495. The molecular weight excluding hydrogens is 240 g/mol. The van der Waals surface area contributed by atoms with Crippen molar-refractivity contribution in [1.29, 1.82) is 0 Å². The predicted octanol–water partition coefficient (Wildman–Crippen LogP) is 0.890. The smallest absolute Gasteiger partial charge is 0.196 e. The summed E-state index contributed by atoms with van der Waals surface area (Å²) >= 11 is 5.99. The topological polar surface area (TPSA) is 50.2 Å². The van der Waals surface area contributed by atoms with E-state index in [9.17, 15) is 4.79 Å². The van der Waals surface area contributed by atoms with E-state index < -0.39 is 0 Å². The monoisotopic (exact) mass is 258 g/mol. The fraction of sp³-hybridized carbons (Fsp3) is 0.636. The molecule has 6 heteroatoms. The molecule has 0 bridgehead atoms. The highest BCUT2D eigenvalue weighted by molar-refractivity contribution is 6.33. The van der Waals surface area contributed by atoms with Crippen LogP contribution in [0.5, 0.6) is 0 Å². The zero-order valence-corrected chi connectivity index (χ0v) is 11.3. The average molecular weight is 259 g/mol. The Bertz CT molecular complexity index is 376. The number of halogens is 1. The molecule has 0 aliphatic rings. The zero-order valence-electron chi connectivity index (χ0n) is 10.5. The molecule has 0 fully saturated rings. The lowest BCUT2D eigenvalue weighted by molar-refractivity contribution is 0.0981. The van der Waals surface area contributed by atoms with E-state index in [1.165, 1.54) is 6.20 Å². The Hall–Kier alpha value is -0.910. The minimum atomic E-state index is -0.0203. The fourth-order valence-corrected chi connectivity index (χ4v) is 1.67. The van der Waals surface area contributed by atoms with Crippen molar-refractivity contribution in [1.82, 2.24) is 20.0 Å². The van der Waals surface area contributed by atoms with Crippen LogP contribution in [0, 0.1) is 0 Å². The number of nitrogens with zero attached hydrogens (tertiary/aromatic N) is 3. The molecule has 1 aromatic heterocycles. The van der Waals surface area contributed by atoms with E-state index in [2.05, 4.69) is 10.4 Å². The molecule has 1 N–H and O–H groups in total. The van der Waals surface area contributed by atoms with E-state index in [-0.39, 0.29) is 5.78 Å². The van der Waals surface area contributed by atoms with E-state index in [0.717, 1.165) is 13.1 Å². The van der Waals surface area contributed by atoms with Crippen LogP contribution in [0.15, 0.2) is 6.20 Å². The van der Waals surface area contributed by atoms with Gasteiger partial charge in [0.2, 0.25) is 0 Å². The van der Waals surface area contributed by atoms with E-state index >= 15 is 0 Å². The number of likely N-dealkylation sites (N-methyl/N-ethyl adjacent to an activating group) is 2.